The number of carbonyl (C=O) groups is 2. The topological polar surface area (TPSA) is 84.7 Å². The van der Waals surface area contributed by atoms with Crippen molar-refractivity contribution in [2.45, 2.75) is 25.8 Å². The summed E-state index contributed by atoms with van der Waals surface area (Å²) in [5, 5.41) is 2.76. The van der Waals surface area contributed by atoms with Gasteiger partial charge in [0.2, 0.25) is 11.8 Å². The van der Waals surface area contributed by atoms with Gasteiger partial charge in [-0.3, -0.25) is 9.59 Å². The number of hydrogen-bond donors (Lipinski definition) is 2. The minimum Gasteiger partial charge on any atom is -0.393 e. The van der Waals surface area contributed by atoms with Crippen LogP contribution in [-0.4, -0.2) is 54.0 Å². The molecule has 102 valence electrons. The lowest BCUT2D eigenvalue weighted by Gasteiger charge is -2.34. The van der Waals surface area contributed by atoms with Gasteiger partial charge in [-0.25, -0.2) is 0 Å². The Morgan fingerprint density at radius 3 is 2.89 bits per heavy atom. The monoisotopic (exact) mass is 273 g/mol. The summed E-state index contributed by atoms with van der Waals surface area (Å²) in [6.45, 7) is 3.60. The van der Waals surface area contributed by atoms with Crippen molar-refractivity contribution in [1.82, 2.24) is 10.2 Å². The first-order chi connectivity index (χ1) is 8.56. The molecule has 0 radical (unpaired) electrons. The molecule has 1 rings (SSSR count). The summed E-state index contributed by atoms with van der Waals surface area (Å²) in [5.74, 6) is -0.407. The van der Waals surface area contributed by atoms with Crippen molar-refractivity contribution in [3.63, 3.8) is 0 Å². The first kappa shape index (κ1) is 14.8. The Labute approximate surface area is 112 Å². The Morgan fingerprint density at radius 1 is 1.56 bits per heavy atom. The lowest BCUT2D eigenvalue weighted by atomic mass is 10.2. The van der Waals surface area contributed by atoms with Crippen molar-refractivity contribution in [3.05, 3.63) is 0 Å². The molecule has 1 unspecified atom stereocenters. The molecule has 6 nitrogen and oxygen atoms in total. The van der Waals surface area contributed by atoms with Crippen molar-refractivity contribution >= 4 is 29.0 Å². The predicted molar refractivity (Wildman–Crippen MR) is 71.0 cm³/mol. The molecule has 1 aliphatic heterocycles. The number of nitrogens with zero attached hydrogens (tertiary/aromatic N) is 1. The zero-order valence-electron chi connectivity index (χ0n) is 10.5. The highest BCUT2D eigenvalue weighted by Crippen LogP contribution is 2.09. The van der Waals surface area contributed by atoms with E-state index in [2.05, 4.69) is 5.32 Å². The van der Waals surface area contributed by atoms with Gasteiger partial charge in [-0.05, 0) is 6.42 Å². The molecular weight excluding hydrogens is 254 g/mol. The molecule has 0 aromatic heterocycles. The normalized spacial score (nSPS) is 19.4. The standard InChI is InChI=1S/C11H19N3O3S/c1-2-3-13-11(16)8-7-17-5-4-14(8)10(15)6-9(12)18/h8H,2-7H2,1H3,(H2,12,18)(H,13,16). The zero-order chi connectivity index (χ0) is 13.5. The van der Waals surface area contributed by atoms with Gasteiger partial charge in [-0.1, -0.05) is 19.1 Å². The van der Waals surface area contributed by atoms with Crippen LogP contribution in [-0.2, 0) is 14.3 Å². The van der Waals surface area contributed by atoms with Crippen LogP contribution in [0.3, 0.4) is 0 Å². The summed E-state index contributed by atoms with van der Waals surface area (Å²) < 4.78 is 5.25. The highest BCUT2D eigenvalue weighted by Gasteiger charge is 2.32. The van der Waals surface area contributed by atoms with E-state index in [4.69, 9.17) is 22.7 Å². The average Bonchev–Trinajstić information content (AvgIpc) is 2.35. The van der Waals surface area contributed by atoms with E-state index in [1.54, 1.807) is 0 Å². The Bertz CT molecular complexity index is 335. The zero-order valence-corrected chi connectivity index (χ0v) is 11.3. The average molecular weight is 273 g/mol. The maximum absolute atomic E-state index is 11.9. The Kier molecular flexibility index (Phi) is 6.00. The number of nitrogens with two attached hydrogens (primary N) is 1. The van der Waals surface area contributed by atoms with Crippen LogP contribution >= 0.6 is 12.2 Å². The molecule has 0 aliphatic carbocycles. The number of ether oxygens (including phenoxy) is 1. The Balaban J connectivity index is 2.64. The number of thiocarbonyl (C=S) groups is 1. The summed E-state index contributed by atoms with van der Waals surface area (Å²) in [6, 6.07) is -0.577. The first-order valence-corrected chi connectivity index (χ1v) is 6.40. The van der Waals surface area contributed by atoms with Crippen LogP contribution in [0.5, 0.6) is 0 Å². The van der Waals surface area contributed by atoms with Crippen LogP contribution in [0.1, 0.15) is 19.8 Å². The highest BCUT2D eigenvalue weighted by atomic mass is 32.1. The highest BCUT2D eigenvalue weighted by molar-refractivity contribution is 7.80. The smallest absolute Gasteiger partial charge is 0.245 e. The van der Waals surface area contributed by atoms with Gasteiger partial charge in [-0.15, -0.1) is 0 Å². The van der Waals surface area contributed by atoms with Crippen LogP contribution in [0, 0.1) is 0 Å². The second-order valence-electron chi connectivity index (χ2n) is 4.11. The van der Waals surface area contributed by atoms with E-state index in [0.29, 0.717) is 19.7 Å². The van der Waals surface area contributed by atoms with E-state index in [9.17, 15) is 9.59 Å². The van der Waals surface area contributed by atoms with Crippen molar-refractivity contribution < 1.29 is 14.3 Å². The van der Waals surface area contributed by atoms with Crippen molar-refractivity contribution in [1.29, 1.82) is 0 Å². The molecule has 18 heavy (non-hydrogen) atoms. The van der Waals surface area contributed by atoms with Crippen LogP contribution in [0.25, 0.3) is 0 Å². The van der Waals surface area contributed by atoms with E-state index in [-0.39, 0.29) is 29.8 Å². The van der Waals surface area contributed by atoms with Gasteiger partial charge >= 0.3 is 0 Å². The largest absolute Gasteiger partial charge is 0.393 e. The van der Waals surface area contributed by atoms with Crippen LogP contribution < -0.4 is 11.1 Å². The molecule has 1 heterocycles. The minimum absolute atomic E-state index is 0.00705. The lowest BCUT2D eigenvalue weighted by Crippen LogP contribution is -2.56. The third-order valence-corrected chi connectivity index (χ3v) is 2.77. The van der Waals surface area contributed by atoms with E-state index < -0.39 is 6.04 Å². The Hall–Kier alpha value is -1.21. The SMILES string of the molecule is CCCNC(=O)C1COCCN1C(=O)CC(N)=S. The summed E-state index contributed by atoms with van der Waals surface area (Å²) in [6.07, 6.45) is 0.840. The molecule has 7 heteroatoms. The number of nitrogens with one attached hydrogen (secondary N) is 1. The predicted octanol–water partition coefficient (Wildman–Crippen LogP) is -0.584. The lowest BCUT2D eigenvalue weighted by molar-refractivity contribution is -0.147. The van der Waals surface area contributed by atoms with Gasteiger partial charge in [0.1, 0.15) is 6.04 Å². The fourth-order valence-corrected chi connectivity index (χ4v) is 1.86. The molecule has 1 aliphatic rings. The fourth-order valence-electron chi connectivity index (χ4n) is 1.74. The summed E-state index contributed by atoms with van der Waals surface area (Å²) in [5.41, 5.74) is 5.35. The van der Waals surface area contributed by atoms with Gasteiger partial charge < -0.3 is 20.7 Å². The molecule has 0 saturated carbocycles. The molecule has 2 amide bonds. The summed E-state index contributed by atoms with van der Waals surface area (Å²) in [7, 11) is 0. The molecule has 0 bridgehead atoms. The number of rotatable bonds is 5. The third kappa shape index (κ3) is 4.23. The molecule has 1 fully saturated rings. The van der Waals surface area contributed by atoms with Crippen LogP contribution in [0.2, 0.25) is 0 Å². The number of amides is 2. The molecule has 1 atom stereocenters. The van der Waals surface area contributed by atoms with E-state index in [1.807, 2.05) is 6.92 Å². The van der Waals surface area contributed by atoms with Crippen molar-refractivity contribution in [2.24, 2.45) is 5.73 Å². The van der Waals surface area contributed by atoms with E-state index >= 15 is 0 Å². The number of hydrogen-bond acceptors (Lipinski definition) is 4. The number of carbonyl (C=O) groups excluding carboxylic acids is 2. The van der Waals surface area contributed by atoms with Crippen LogP contribution in [0.15, 0.2) is 0 Å². The van der Waals surface area contributed by atoms with E-state index in [0.717, 1.165) is 6.42 Å². The maximum atomic E-state index is 11.9. The molecule has 0 aromatic carbocycles. The third-order valence-electron chi connectivity index (χ3n) is 2.63. The second kappa shape index (κ2) is 7.27. The van der Waals surface area contributed by atoms with Gasteiger partial charge in [0.25, 0.3) is 0 Å². The van der Waals surface area contributed by atoms with Crippen molar-refractivity contribution in [2.75, 3.05) is 26.3 Å². The molecule has 1 saturated heterocycles. The van der Waals surface area contributed by atoms with Crippen LogP contribution in [0.4, 0.5) is 0 Å². The van der Waals surface area contributed by atoms with Gasteiger partial charge in [0.15, 0.2) is 0 Å². The first-order valence-electron chi connectivity index (χ1n) is 5.99. The molecule has 3 N–H and O–H groups in total. The maximum Gasteiger partial charge on any atom is 0.245 e. The van der Waals surface area contributed by atoms with Crippen molar-refractivity contribution in [3.8, 4) is 0 Å². The van der Waals surface area contributed by atoms with Gasteiger partial charge in [0, 0.05) is 13.1 Å². The van der Waals surface area contributed by atoms with Gasteiger partial charge in [-0.2, -0.15) is 0 Å². The molecule has 0 aromatic rings. The van der Waals surface area contributed by atoms with Gasteiger partial charge in [0.05, 0.1) is 24.6 Å². The minimum atomic E-state index is -0.577. The van der Waals surface area contributed by atoms with E-state index in [1.165, 1.54) is 4.90 Å². The second-order valence-corrected chi connectivity index (χ2v) is 4.64. The Morgan fingerprint density at radius 2 is 2.28 bits per heavy atom. The quantitative estimate of drug-likeness (QED) is 0.654. The fraction of sp³-hybridized carbons (Fsp3) is 0.727. The summed E-state index contributed by atoms with van der Waals surface area (Å²) >= 11 is 4.71. The molecular formula is C11H19N3O3S. The molecule has 0 spiro atoms. The number of morpholine rings is 1. The summed E-state index contributed by atoms with van der Waals surface area (Å²) in [4.78, 5) is 25.5.